The van der Waals surface area contributed by atoms with E-state index in [4.69, 9.17) is 28.4 Å². The molecular weight excluding hydrogens is 889 g/mol. The minimum absolute atomic E-state index is 0.140. The van der Waals surface area contributed by atoms with Gasteiger partial charge in [-0.3, -0.25) is 9.59 Å². The van der Waals surface area contributed by atoms with Gasteiger partial charge in [-0.1, -0.05) is 187 Å². The monoisotopic (exact) mass is 989 g/mol. The first kappa shape index (κ1) is 63.4. The van der Waals surface area contributed by atoms with Crippen molar-refractivity contribution < 1.29 is 73.8 Å². The van der Waals surface area contributed by atoms with Crippen LogP contribution in [0.3, 0.4) is 0 Å². The van der Waals surface area contributed by atoms with Gasteiger partial charge in [0.2, 0.25) is 0 Å². The van der Waals surface area contributed by atoms with Gasteiger partial charge in [-0.05, 0) is 38.5 Å². The van der Waals surface area contributed by atoms with E-state index >= 15 is 0 Å². The van der Waals surface area contributed by atoms with Gasteiger partial charge in [0.1, 0.15) is 55.4 Å². The minimum atomic E-state index is -1.76. The molecule has 15 heteroatoms. The van der Waals surface area contributed by atoms with Crippen LogP contribution in [0.15, 0.2) is 12.2 Å². The van der Waals surface area contributed by atoms with Crippen molar-refractivity contribution in [3.63, 3.8) is 0 Å². The smallest absolute Gasteiger partial charge is 0.306 e. The molecule has 0 saturated carbocycles. The van der Waals surface area contributed by atoms with Crippen molar-refractivity contribution in [3.8, 4) is 0 Å². The number of ether oxygens (including phenoxy) is 6. The molecule has 11 atom stereocenters. The van der Waals surface area contributed by atoms with Crippen LogP contribution < -0.4 is 0 Å². The number of aliphatic hydroxyl groups excluding tert-OH is 7. The quantitative estimate of drug-likeness (QED) is 0.0172. The molecule has 7 N–H and O–H groups in total. The average molecular weight is 989 g/mol. The molecular formula is C54H100O15. The lowest BCUT2D eigenvalue weighted by molar-refractivity contribution is -0.332. The molecule has 0 aromatic carbocycles. The Kier molecular flexibility index (Phi) is 38.3. The third-order valence-corrected chi connectivity index (χ3v) is 13.5. The van der Waals surface area contributed by atoms with Crippen LogP contribution in [0.4, 0.5) is 0 Å². The summed E-state index contributed by atoms with van der Waals surface area (Å²) >= 11 is 0. The van der Waals surface area contributed by atoms with Crippen LogP contribution in [-0.4, -0.2) is 142 Å². The molecule has 0 amide bonds. The number of carbonyl (C=O) groups is 2. The Bertz CT molecular complexity index is 1250. The first-order chi connectivity index (χ1) is 33.5. The molecule has 2 rings (SSSR count). The van der Waals surface area contributed by atoms with E-state index in [2.05, 4.69) is 26.0 Å². The summed E-state index contributed by atoms with van der Waals surface area (Å²) in [6, 6.07) is 0. The second-order valence-corrected chi connectivity index (χ2v) is 19.8. The molecule has 2 aliphatic rings. The standard InChI is InChI=1S/C54H100O15/c1-3-5-7-9-11-13-15-17-19-20-21-23-24-26-28-30-32-34-36-45(56)64-39-42(67-46(57)37-35-33-31-29-27-25-22-18-16-14-12-10-8-6-4-2)40-65-53-52(63)50(61)48(59)44(69-53)41-66-54-51(62)49(60)47(58)43(38-55)68-54/h27,29,42-44,47-55,58-63H,3-26,28,30-41H2,1-2H3/b29-27+/t42-,43+,44+,47-,48-,49?,50?,51?,52?,53+,54+/m0/s1. The Morgan fingerprint density at radius 3 is 1.30 bits per heavy atom. The fraction of sp³-hybridized carbons (Fsp3) is 0.926. The van der Waals surface area contributed by atoms with Gasteiger partial charge in [0.05, 0.1) is 19.8 Å². The second-order valence-electron chi connectivity index (χ2n) is 19.8. The van der Waals surface area contributed by atoms with Gasteiger partial charge in [-0.25, -0.2) is 0 Å². The van der Waals surface area contributed by atoms with E-state index < -0.39 is 92.7 Å². The number of aliphatic hydroxyl groups is 7. The molecule has 0 aromatic rings. The van der Waals surface area contributed by atoms with Gasteiger partial charge < -0.3 is 64.2 Å². The van der Waals surface area contributed by atoms with Crippen LogP contribution in [0.5, 0.6) is 0 Å². The van der Waals surface area contributed by atoms with Crippen molar-refractivity contribution in [1.29, 1.82) is 0 Å². The first-order valence-electron chi connectivity index (χ1n) is 27.8. The lowest BCUT2D eigenvalue weighted by atomic mass is 9.98. The SMILES string of the molecule is CCCCCCCCCCC/C=C/CCCCC(=O)O[C@@H](COC(=O)CCCCCCCCCCCCCCCCCCCC)CO[C@@H]1O[C@H](CO[C@@H]2O[C@H](CO)[C@H](O)C(O)C2O)[C@H](O)C(O)C1O. The zero-order valence-electron chi connectivity index (χ0n) is 43.1. The number of hydrogen-bond acceptors (Lipinski definition) is 15. The van der Waals surface area contributed by atoms with Gasteiger partial charge in [-0.15, -0.1) is 0 Å². The summed E-state index contributed by atoms with van der Waals surface area (Å²) in [6.45, 7) is 2.61. The fourth-order valence-electron chi connectivity index (χ4n) is 8.92. The van der Waals surface area contributed by atoms with E-state index in [-0.39, 0.29) is 26.1 Å². The Balaban J connectivity index is 1.77. The van der Waals surface area contributed by atoms with Crippen molar-refractivity contribution >= 4 is 11.9 Å². The molecule has 2 fully saturated rings. The van der Waals surface area contributed by atoms with Crippen molar-refractivity contribution in [2.24, 2.45) is 0 Å². The van der Waals surface area contributed by atoms with E-state index in [1.54, 1.807) is 0 Å². The third kappa shape index (κ3) is 29.5. The van der Waals surface area contributed by atoms with Crippen LogP contribution in [0.2, 0.25) is 0 Å². The lowest BCUT2D eigenvalue weighted by Crippen LogP contribution is -2.61. The van der Waals surface area contributed by atoms with Gasteiger partial charge in [0.25, 0.3) is 0 Å². The van der Waals surface area contributed by atoms with Crippen molar-refractivity contribution in [1.82, 2.24) is 0 Å². The van der Waals surface area contributed by atoms with E-state index in [1.165, 1.54) is 148 Å². The molecule has 0 spiro atoms. The molecule has 0 radical (unpaired) electrons. The maximum absolute atomic E-state index is 13.0. The Morgan fingerprint density at radius 1 is 0.449 bits per heavy atom. The average Bonchev–Trinajstić information content (AvgIpc) is 3.34. The highest BCUT2D eigenvalue weighted by Crippen LogP contribution is 2.27. The summed E-state index contributed by atoms with van der Waals surface area (Å²) in [5.74, 6) is -0.937. The van der Waals surface area contributed by atoms with Crippen LogP contribution in [0, 0.1) is 0 Å². The molecule has 0 aromatic heterocycles. The summed E-state index contributed by atoms with van der Waals surface area (Å²) in [5.41, 5.74) is 0. The molecule has 2 aliphatic heterocycles. The predicted molar refractivity (Wildman–Crippen MR) is 266 cm³/mol. The Hall–Kier alpha value is -1.76. The lowest BCUT2D eigenvalue weighted by Gasteiger charge is -2.42. The number of hydrogen-bond donors (Lipinski definition) is 7. The Labute approximate surface area is 416 Å². The zero-order valence-corrected chi connectivity index (χ0v) is 43.1. The molecule has 2 saturated heterocycles. The predicted octanol–water partition coefficient (Wildman–Crippen LogP) is 8.55. The van der Waals surface area contributed by atoms with Crippen molar-refractivity contribution in [3.05, 3.63) is 12.2 Å². The maximum Gasteiger partial charge on any atom is 0.306 e. The van der Waals surface area contributed by atoms with Gasteiger partial charge in [-0.2, -0.15) is 0 Å². The number of rotatable bonds is 44. The summed E-state index contributed by atoms with van der Waals surface area (Å²) in [5, 5.41) is 72.2. The van der Waals surface area contributed by atoms with E-state index in [9.17, 15) is 45.3 Å². The van der Waals surface area contributed by atoms with Crippen LogP contribution in [0.1, 0.15) is 226 Å². The molecule has 2 heterocycles. The van der Waals surface area contributed by atoms with Gasteiger partial charge >= 0.3 is 11.9 Å². The van der Waals surface area contributed by atoms with Gasteiger partial charge in [0, 0.05) is 12.8 Å². The maximum atomic E-state index is 13.0. The second kappa shape index (κ2) is 41.7. The summed E-state index contributed by atoms with van der Waals surface area (Å²) in [4.78, 5) is 25.8. The van der Waals surface area contributed by atoms with Crippen molar-refractivity contribution in [2.45, 2.75) is 293 Å². The van der Waals surface area contributed by atoms with Crippen molar-refractivity contribution in [2.75, 3.05) is 26.4 Å². The summed E-state index contributed by atoms with van der Waals surface area (Å²) in [6.07, 6.45) is 25.2. The third-order valence-electron chi connectivity index (χ3n) is 13.5. The minimum Gasteiger partial charge on any atom is -0.462 e. The normalized spacial score (nSPS) is 25.6. The highest BCUT2D eigenvalue weighted by molar-refractivity contribution is 5.70. The largest absolute Gasteiger partial charge is 0.462 e. The van der Waals surface area contributed by atoms with Crippen LogP contribution >= 0.6 is 0 Å². The highest BCUT2D eigenvalue weighted by Gasteiger charge is 2.47. The molecule has 0 aliphatic carbocycles. The first-order valence-corrected chi connectivity index (χ1v) is 27.8. The Morgan fingerprint density at radius 2 is 0.826 bits per heavy atom. The molecule has 15 nitrogen and oxygen atoms in total. The number of unbranched alkanes of at least 4 members (excludes halogenated alkanes) is 28. The number of esters is 2. The molecule has 69 heavy (non-hydrogen) atoms. The zero-order chi connectivity index (χ0) is 50.3. The van der Waals surface area contributed by atoms with E-state index in [0.717, 1.165) is 38.5 Å². The topological polar surface area (TPSA) is 231 Å². The van der Waals surface area contributed by atoms with Gasteiger partial charge in [0.15, 0.2) is 18.7 Å². The van der Waals surface area contributed by atoms with E-state index in [1.807, 2.05) is 0 Å². The molecule has 4 unspecified atom stereocenters. The van der Waals surface area contributed by atoms with E-state index in [0.29, 0.717) is 12.8 Å². The number of allylic oxidation sites excluding steroid dienone is 2. The molecule has 406 valence electrons. The fourth-order valence-corrected chi connectivity index (χ4v) is 8.92. The van der Waals surface area contributed by atoms with Crippen LogP contribution in [0.25, 0.3) is 0 Å². The highest BCUT2D eigenvalue weighted by atomic mass is 16.7. The molecule has 0 bridgehead atoms. The van der Waals surface area contributed by atoms with Crippen LogP contribution in [-0.2, 0) is 38.0 Å². The summed E-state index contributed by atoms with van der Waals surface area (Å²) in [7, 11) is 0. The number of carbonyl (C=O) groups excluding carboxylic acids is 2. The summed E-state index contributed by atoms with van der Waals surface area (Å²) < 4.78 is 33.6.